The van der Waals surface area contributed by atoms with Crippen molar-refractivity contribution in [1.82, 2.24) is 4.48 Å². The summed E-state index contributed by atoms with van der Waals surface area (Å²) in [6.45, 7) is 8.37. The van der Waals surface area contributed by atoms with Crippen LogP contribution in [-0.2, 0) is 0 Å². The van der Waals surface area contributed by atoms with Crippen molar-refractivity contribution in [3.05, 3.63) is 33.2 Å². The molecule has 1 nitrogen and oxygen atoms in total. The Morgan fingerprint density at radius 2 is 1.70 bits per heavy atom. The topological polar surface area (TPSA) is 4.93 Å². The molecule has 0 aliphatic carbocycles. The summed E-state index contributed by atoms with van der Waals surface area (Å²) in [4.78, 5) is 7.86. The molecule has 0 amide bonds. The molecule has 4 heteroatoms. The Morgan fingerprint density at radius 3 is 2.20 bits per heavy atom. The fourth-order valence-electron chi connectivity index (χ4n) is 4.26. The van der Waals surface area contributed by atoms with Gasteiger partial charge < -0.3 is 0 Å². The van der Waals surface area contributed by atoms with E-state index in [1.807, 2.05) is 8.68 Å². The SMILES string of the molecule is C[Si](C)(C)/[C](=C1\CCCCB1n1cccc1)[Sn]([CH3])([CH3])[CH3]. The van der Waals surface area contributed by atoms with Gasteiger partial charge in [-0.3, -0.25) is 0 Å². The van der Waals surface area contributed by atoms with Crippen molar-refractivity contribution in [2.24, 2.45) is 0 Å². The van der Waals surface area contributed by atoms with Gasteiger partial charge in [-0.05, 0) is 0 Å². The van der Waals surface area contributed by atoms with E-state index in [-0.39, 0.29) is 0 Å². The molecule has 0 radical (unpaired) electrons. The molecule has 0 saturated carbocycles. The molecule has 0 aromatic carbocycles. The fourth-order valence-corrected chi connectivity index (χ4v) is 30.6. The van der Waals surface area contributed by atoms with Crippen molar-refractivity contribution in [2.75, 3.05) is 0 Å². The van der Waals surface area contributed by atoms with Crippen LogP contribution in [0.1, 0.15) is 19.3 Å². The summed E-state index contributed by atoms with van der Waals surface area (Å²) < 4.78 is 4.50. The van der Waals surface area contributed by atoms with Gasteiger partial charge in [0.15, 0.2) is 0 Å². The van der Waals surface area contributed by atoms with Crippen LogP contribution in [-0.4, -0.2) is 37.8 Å². The van der Waals surface area contributed by atoms with E-state index in [2.05, 4.69) is 63.5 Å². The Balaban J connectivity index is 2.55. The maximum absolute atomic E-state index is 2.62. The van der Waals surface area contributed by atoms with Gasteiger partial charge >= 0.3 is 131 Å². The van der Waals surface area contributed by atoms with Crippen molar-refractivity contribution in [1.29, 1.82) is 0 Å². The van der Waals surface area contributed by atoms with Crippen LogP contribution in [0.5, 0.6) is 0 Å². The average molecular weight is 394 g/mol. The van der Waals surface area contributed by atoms with E-state index < -0.39 is 26.5 Å². The van der Waals surface area contributed by atoms with E-state index in [0.29, 0.717) is 6.85 Å². The Morgan fingerprint density at radius 1 is 1.10 bits per heavy atom. The maximum atomic E-state index is 2.62. The van der Waals surface area contributed by atoms with E-state index in [1.54, 1.807) is 0 Å². The third-order valence-corrected chi connectivity index (χ3v) is 22.9. The summed E-state index contributed by atoms with van der Waals surface area (Å²) in [7, 11) is -1.20. The van der Waals surface area contributed by atoms with Crippen LogP contribution < -0.4 is 0 Å². The van der Waals surface area contributed by atoms with Crippen molar-refractivity contribution >= 4 is 33.3 Å². The molecule has 1 fully saturated rings. The summed E-state index contributed by atoms with van der Waals surface area (Å²) in [5.41, 5.74) is 1.86. The van der Waals surface area contributed by atoms with E-state index >= 15 is 0 Å². The molecule has 0 N–H and O–H groups in total. The Labute approximate surface area is 130 Å². The summed E-state index contributed by atoms with van der Waals surface area (Å²) in [5.74, 6) is 0. The summed E-state index contributed by atoms with van der Waals surface area (Å²) in [6.07, 6.45) is 10.1. The van der Waals surface area contributed by atoms with E-state index in [1.165, 1.54) is 25.6 Å². The molecule has 0 spiro atoms. The number of hydrogen-bond acceptors (Lipinski definition) is 0. The zero-order valence-electron chi connectivity index (χ0n) is 14.2. The number of hydrogen-bond donors (Lipinski definition) is 0. The fraction of sp³-hybridized carbons (Fsp3) is 0.625. The second kappa shape index (κ2) is 6.07. The Kier molecular flexibility index (Phi) is 5.00. The first kappa shape index (κ1) is 16.5. The standard InChI is InChI=1S/C13H21BNSi.3CH3.Sn/c1-16(2,3)12-13-8-4-5-9-14(13)15-10-6-7-11-15;;;;/h6-7,10-11H,4-5,8-9H2,1-3H3;3*1H3;. The molecule has 20 heavy (non-hydrogen) atoms. The second-order valence-electron chi connectivity index (χ2n) is 8.29. The van der Waals surface area contributed by atoms with Crippen LogP contribution in [0.15, 0.2) is 33.2 Å². The first-order valence-corrected chi connectivity index (χ1v) is 21.6. The Hall–Kier alpha value is 0.101. The minimum atomic E-state index is -2.03. The van der Waals surface area contributed by atoms with Crippen molar-refractivity contribution < 1.29 is 0 Å². The van der Waals surface area contributed by atoms with Gasteiger partial charge in [0, 0.05) is 0 Å². The van der Waals surface area contributed by atoms with Crippen molar-refractivity contribution in [3.8, 4) is 0 Å². The van der Waals surface area contributed by atoms with Gasteiger partial charge in [0.25, 0.3) is 0 Å². The molecule has 2 rings (SSSR count). The average Bonchev–Trinajstić information content (AvgIpc) is 2.79. The van der Waals surface area contributed by atoms with E-state index in [4.69, 9.17) is 0 Å². The summed E-state index contributed by atoms with van der Waals surface area (Å²) in [6, 6.07) is 4.36. The molecule has 1 aliphatic heterocycles. The van der Waals surface area contributed by atoms with Gasteiger partial charge in [-0.25, -0.2) is 0 Å². The molecule has 1 aliphatic rings. The zero-order chi connectivity index (χ0) is 15.0. The molecular weight excluding hydrogens is 364 g/mol. The van der Waals surface area contributed by atoms with Gasteiger partial charge in [-0.15, -0.1) is 0 Å². The van der Waals surface area contributed by atoms with E-state index in [0.717, 1.165) is 0 Å². The molecule has 1 aromatic rings. The monoisotopic (exact) mass is 395 g/mol. The molecule has 0 atom stereocenters. The molecule has 1 saturated heterocycles. The normalized spacial score (nSPS) is 20.2. The molecule has 110 valence electrons. The van der Waals surface area contributed by atoms with Gasteiger partial charge in [0.1, 0.15) is 0 Å². The van der Waals surface area contributed by atoms with Gasteiger partial charge in [-0.2, -0.15) is 0 Å². The van der Waals surface area contributed by atoms with E-state index in [9.17, 15) is 0 Å². The van der Waals surface area contributed by atoms with Crippen LogP contribution in [0, 0.1) is 0 Å². The van der Waals surface area contributed by atoms with Gasteiger partial charge in [0.05, 0.1) is 0 Å². The Bertz CT molecular complexity index is 464. The predicted octanol–water partition coefficient (Wildman–Crippen LogP) is 5.10. The minimum absolute atomic E-state index is 0.663. The number of aromatic nitrogens is 1. The first-order valence-electron chi connectivity index (χ1n) is 8.08. The molecule has 1 aromatic heterocycles. The quantitative estimate of drug-likeness (QED) is 0.629. The van der Waals surface area contributed by atoms with Crippen molar-refractivity contribution in [2.45, 2.75) is 60.0 Å². The van der Waals surface area contributed by atoms with Gasteiger partial charge in [-0.1, -0.05) is 0 Å². The van der Waals surface area contributed by atoms with Crippen molar-refractivity contribution in [3.63, 3.8) is 0 Å². The second-order valence-corrected chi connectivity index (χ2v) is 29.0. The van der Waals surface area contributed by atoms with Crippen LogP contribution in [0.25, 0.3) is 0 Å². The molecule has 0 unspecified atom stereocenters. The van der Waals surface area contributed by atoms with Gasteiger partial charge in [0.2, 0.25) is 0 Å². The third kappa shape index (κ3) is 3.65. The molecule has 2 heterocycles. The van der Waals surface area contributed by atoms with Crippen LogP contribution in [0.4, 0.5) is 0 Å². The number of rotatable bonds is 3. The summed E-state index contributed by atoms with van der Waals surface area (Å²) >= 11 is -2.03. The summed E-state index contributed by atoms with van der Waals surface area (Å²) in [5, 5.41) is 0. The predicted molar refractivity (Wildman–Crippen MR) is 98.0 cm³/mol. The zero-order valence-corrected chi connectivity index (χ0v) is 18.0. The number of allylic oxidation sites excluding steroid dienone is 1. The van der Waals surface area contributed by atoms with Crippen LogP contribution in [0.3, 0.4) is 0 Å². The number of nitrogens with zero attached hydrogens (tertiary/aromatic N) is 1. The third-order valence-electron chi connectivity index (χ3n) is 4.38. The first-order chi connectivity index (χ1) is 9.21. The molecular formula is C16H30BNSiSn. The van der Waals surface area contributed by atoms with Crippen LogP contribution in [0.2, 0.25) is 40.8 Å². The molecule has 0 bridgehead atoms. The van der Waals surface area contributed by atoms with Crippen LogP contribution >= 0.6 is 0 Å².